The number of hydrogen-bond acceptors (Lipinski definition) is 6. The van der Waals surface area contributed by atoms with Crippen LogP contribution in [0.25, 0.3) is 11.1 Å². The van der Waals surface area contributed by atoms with Gasteiger partial charge in [-0.1, -0.05) is 18.2 Å². The molecule has 28 heavy (non-hydrogen) atoms. The third kappa shape index (κ3) is 3.65. The Morgan fingerprint density at radius 3 is 2.61 bits per heavy atom. The van der Waals surface area contributed by atoms with E-state index in [0.29, 0.717) is 22.6 Å². The van der Waals surface area contributed by atoms with Crippen LogP contribution in [-0.2, 0) is 0 Å². The van der Waals surface area contributed by atoms with Gasteiger partial charge < -0.3 is 14.3 Å². The number of aromatic carboxylic acids is 1. The molecular weight excluding hydrogens is 362 g/mol. The Morgan fingerprint density at radius 2 is 1.82 bits per heavy atom. The highest BCUT2D eigenvalue weighted by Gasteiger charge is 2.15. The molecule has 4 rings (SSSR count). The molecule has 0 aliphatic rings. The van der Waals surface area contributed by atoms with Crippen molar-refractivity contribution >= 4 is 29.0 Å². The quantitative estimate of drug-likeness (QED) is 0.542. The van der Waals surface area contributed by atoms with Gasteiger partial charge in [-0.3, -0.25) is 15.1 Å². The van der Waals surface area contributed by atoms with E-state index in [1.165, 1.54) is 30.5 Å². The van der Waals surface area contributed by atoms with Gasteiger partial charge in [-0.05, 0) is 36.4 Å². The number of nitrogens with zero attached hydrogens (tertiary/aromatic N) is 2. The number of para-hydroxylation sites is 1. The topological polar surface area (TPSA) is 115 Å². The Labute approximate surface area is 158 Å². The molecule has 2 aromatic carbocycles. The van der Waals surface area contributed by atoms with Crippen molar-refractivity contribution < 1.29 is 23.8 Å². The number of rotatable bonds is 5. The molecule has 0 spiro atoms. The Hall–Kier alpha value is -4.20. The Morgan fingerprint density at radius 1 is 1.00 bits per heavy atom. The maximum atomic E-state index is 12.4. The van der Waals surface area contributed by atoms with Crippen LogP contribution in [0.15, 0.2) is 71.3 Å². The van der Waals surface area contributed by atoms with E-state index in [1.54, 1.807) is 18.2 Å². The molecule has 0 aliphatic heterocycles. The van der Waals surface area contributed by atoms with E-state index in [0.717, 1.165) is 0 Å². The van der Waals surface area contributed by atoms with Gasteiger partial charge in [0, 0.05) is 12.3 Å². The van der Waals surface area contributed by atoms with Crippen LogP contribution in [0.1, 0.15) is 20.8 Å². The molecule has 0 unspecified atom stereocenters. The van der Waals surface area contributed by atoms with Crippen LogP contribution in [0.2, 0.25) is 0 Å². The van der Waals surface area contributed by atoms with Gasteiger partial charge >= 0.3 is 12.0 Å². The lowest BCUT2D eigenvalue weighted by Crippen LogP contribution is -2.13. The first-order valence-corrected chi connectivity index (χ1v) is 8.23. The molecule has 2 N–H and O–H groups in total. The first-order chi connectivity index (χ1) is 13.6. The second-order valence-corrected chi connectivity index (χ2v) is 5.75. The molecule has 0 saturated heterocycles. The van der Waals surface area contributed by atoms with Crippen LogP contribution in [-0.4, -0.2) is 27.0 Å². The number of carbonyl (C=O) groups is 2. The number of fused-ring (bicyclic) bond motifs is 1. The highest BCUT2D eigenvalue weighted by molar-refractivity contribution is 6.02. The molecule has 0 saturated carbocycles. The molecule has 8 heteroatoms. The predicted octanol–water partition coefficient (Wildman–Crippen LogP) is 3.97. The van der Waals surface area contributed by atoms with Crippen molar-refractivity contribution in [1.82, 2.24) is 9.97 Å². The lowest BCUT2D eigenvalue weighted by molar-refractivity contribution is 0.0696. The van der Waals surface area contributed by atoms with Crippen molar-refractivity contribution in [2.24, 2.45) is 0 Å². The number of carboxylic acids is 1. The second kappa shape index (κ2) is 7.20. The average molecular weight is 375 g/mol. The molecule has 0 atom stereocenters. The van der Waals surface area contributed by atoms with Crippen molar-refractivity contribution in [2.45, 2.75) is 0 Å². The number of amides is 1. The Kier molecular flexibility index (Phi) is 4.43. The molecule has 2 aromatic heterocycles. The van der Waals surface area contributed by atoms with Crippen LogP contribution < -0.4 is 10.1 Å². The van der Waals surface area contributed by atoms with Gasteiger partial charge in [0.1, 0.15) is 22.7 Å². The van der Waals surface area contributed by atoms with Crippen molar-refractivity contribution in [3.63, 3.8) is 0 Å². The van der Waals surface area contributed by atoms with Gasteiger partial charge in [0.05, 0.1) is 5.56 Å². The van der Waals surface area contributed by atoms with E-state index in [4.69, 9.17) is 14.3 Å². The number of benzene rings is 2. The van der Waals surface area contributed by atoms with Crippen molar-refractivity contribution in [2.75, 3.05) is 5.32 Å². The first-order valence-electron chi connectivity index (χ1n) is 8.23. The van der Waals surface area contributed by atoms with E-state index in [9.17, 15) is 9.59 Å². The summed E-state index contributed by atoms with van der Waals surface area (Å²) in [7, 11) is 0. The van der Waals surface area contributed by atoms with E-state index in [1.807, 2.05) is 18.2 Å². The lowest BCUT2D eigenvalue weighted by atomic mass is 10.2. The van der Waals surface area contributed by atoms with Crippen LogP contribution in [0.4, 0.5) is 6.01 Å². The fourth-order valence-corrected chi connectivity index (χ4v) is 2.50. The fraction of sp³-hybridized carbons (Fsp3) is 0. The molecule has 138 valence electrons. The average Bonchev–Trinajstić information content (AvgIpc) is 3.10. The number of hydrogen-bond donors (Lipinski definition) is 2. The number of anilines is 1. The van der Waals surface area contributed by atoms with Crippen LogP contribution in [0.5, 0.6) is 11.5 Å². The first kappa shape index (κ1) is 17.2. The van der Waals surface area contributed by atoms with Gasteiger partial charge in [-0.2, -0.15) is 4.98 Å². The minimum Gasteiger partial charge on any atom is -0.478 e. The molecule has 0 fully saturated rings. The third-order valence-corrected chi connectivity index (χ3v) is 3.80. The SMILES string of the molecule is O=C(O)c1ccc2oc(NC(=O)c3cc(Oc4ccccc4)ccn3)nc2c1. The standard InChI is InChI=1S/C20H13N3O5/c24-18(16-11-14(8-9-21-16)27-13-4-2-1-3-5-13)23-20-22-15-10-12(19(25)26)6-7-17(15)28-20/h1-11H,(H,25,26)(H,22,23,24). The predicted molar refractivity (Wildman–Crippen MR) is 99.7 cm³/mol. The highest BCUT2D eigenvalue weighted by Crippen LogP contribution is 2.23. The van der Waals surface area contributed by atoms with E-state index in [-0.39, 0.29) is 17.3 Å². The smallest absolute Gasteiger partial charge is 0.335 e. The number of carboxylic acid groups (broad SMARTS) is 1. The number of carbonyl (C=O) groups excluding carboxylic acids is 1. The number of nitrogens with one attached hydrogen (secondary N) is 1. The Bertz CT molecular complexity index is 1170. The van der Waals surface area contributed by atoms with Crippen LogP contribution >= 0.6 is 0 Å². The van der Waals surface area contributed by atoms with Gasteiger partial charge in [-0.15, -0.1) is 0 Å². The zero-order valence-electron chi connectivity index (χ0n) is 14.3. The number of ether oxygens (including phenoxy) is 1. The van der Waals surface area contributed by atoms with E-state index < -0.39 is 11.9 Å². The van der Waals surface area contributed by atoms with Gasteiger partial charge in [0.25, 0.3) is 5.91 Å². The molecule has 1 amide bonds. The van der Waals surface area contributed by atoms with Crippen molar-refractivity contribution in [3.8, 4) is 11.5 Å². The summed E-state index contributed by atoms with van der Waals surface area (Å²) in [5, 5.41) is 11.5. The van der Waals surface area contributed by atoms with Crippen molar-refractivity contribution in [3.05, 3.63) is 78.1 Å². The number of pyridine rings is 1. The summed E-state index contributed by atoms with van der Waals surface area (Å²) in [5.41, 5.74) is 0.867. The molecular formula is C20H13N3O5. The number of oxazole rings is 1. The van der Waals surface area contributed by atoms with Gasteiger partial charge in [0.15, 0.2) is 5.58 Å². The largest absolute Gasteiger partial charge is 0.478 e. The molecule has 2 heterocycles. The summed E-state index contributed by atoms with van der Waals surface area (Å²) >= 11 is 0. The number of aromatic nitrogens is 2. The molecule has 0 radical (unpaired) electrons. The lowest BCUT2D eigenvalue weighted by Gasteiger charge is -2.06. The summed E-state index contributed by atoms with van der Waals surface area (Å²) in [5.74, 6) is -0.526. The minimum atomic E-state index is -1.07. The molecule has 0 aliphatic carbocycles. The zero-order chi connectivity index (χ0) is 19.5. The normalized spacial score (nSPS) is 10.6. The monoisotopic (exact) mass is 375 g/mol. The maximum absolute atomic E-state index is 12.4. The summed E-state index contributed by atoms with van der Waals surface area (Å²) in [6.07, 6.45) is 1.46. The summed E-state index contributed by atoms with van der Waals surface area (Å²) in [6, 6.07) is 16.5. The summed E-state index contributed by atoms with van der Waals surface area (Å²) in [4.78, 5) is 31.6. The summed E-state index contributed by atoms with van der Waals surface area (Å²) in [6.45, 7) is 0. The highest BCUT2D eigenvalue weighted by atomic mass is 16.5. The summed E-state index contributed by atoms with van der Waals surface area (Å²) < 4.78 is 11.1. The maximum Gasteiger partial charge on any atom is 0.335 e. The second-order valence-electron chi connectivity index (χ2n) is 5.75. The Balaban J connectivity index is 1.52. The molecule has 0 bridgehead atoms. The fourth-order valence-electron chi connectivity index (χ4n) is 2.50. The minimum absolute atomic E-state index is 0.0567. The zero-order valence-corrected chi connectivity index (χ0v) is 14.3. The van der Waals surface area contributed by atoms with E-state index >= 15 is 0 Å². The molecule has 8 nitrogen and oxygen atoms in total. The van der Waals surface area contributed by atoms with Gasteiger partial charge in [0.2, 0.25) is 0 Å². The third-order valence-electron chi connectivity index (χ3n) is 3.80. The van der Waals surface area contributed by atoms with Crippen molar-refractivity contribution in [1.29, 1.82) is 0 Å². The van der Waals surface area contributed by atoms with Gasteiger partial charge in [-0.25, -0.2) is 4.79 Å². The van der Waals surface area contributed by atoms with Crippen LogP contribution in [0.3, 0.4) is 0 Å². The molecule has 4 aromatic rings. The van der Waals surface area contributed by atoms with Crippen LogP contribution in [0, 0.1) is 0 Å². The van der Waals surface area contributed by atoms with E-state index in [2.05, 4.69) is 15.3 Å².